The standard InChI is InChI=1S/C16H9F26O5P/c17-5(18,7(21,22)9(25,26)11(29,30)13(33,34)15(37,38)39)1-2-46-48(44,45)47-3-4(43)6(19,20)8(23,24)10(27,28)12(31,32)14(35,36)16(40,41)42/h4,43H,1-3H2,(H,44,45). The second kappa shape index (κ2) is 12.5. The molecule has 0 aromatic rings. The van der Waals surface area contributed by atoms with Crippen molar-refractivity contribution in [1.82, 2.24) is 0 Å². The van der Waals surface area contributed by atoms with Crippen molar-refractivity contribution in [1.29, 1.82) is 0 Å². The summed E-state index contributed by atoms with van der Waals surface area (Å²) in [6, 6.07) is 0. The van der Waals surface area contributed by atoms with E-state index in [1.165, 1.54) is 0 Å². The van der Waals surface area contributed by atoms with Gasteiger partial charge in [0.25, 0.3) is 0 Å². The van der Waals surface area contributed by atoms with E-state index in [0.717, 1.165) is 0 Å². The number of hydrogen-bond donors (Lipinski definition) is 2. The first-order valence-corrected chi connectivity index (χ1v) is 12.0. The Morgan fingerprint density at radius 3 is 1.06 bits per heavy atom. The Morgan fingerprint density at radius 1 is 0.458 bits per heavy atom. The molecule has 0 rings (SSSR count). The van der Waals surface area contributed by atoms with Crippen LogP contribution in [-0.4, -0.2) is 101 Å². The molecule has 0 heterocycles. The normalized spacial score (nSPS) is 18.2. The molecular weight excluding hydrogens is 797 g/mol. The molecule has 0 spiro atoms. The van der Waals surface area contributed by atoms with Gasteiger partial charge in [-0.15, -0.1) is 0 Å². The summed E-state index contributed by atoms with van der Waals surface area (Å²) in [7, 11) is -6.78. The minimum absolute atomic E-state index is 2.88. The number of aliphatic hydroxyl groups excluding tert-OH is 1. The van der Waals surface area contributed by atoms with E-state index >= 15 is 0 Å². The maximum atomic E-state index is 13.7. The van der Waals surface area contributed by atoms with Gasteiger partial charge in [0.1, 0.15) is 6.10 Å². The Labute approximate surface area is 244 Å². The SMILES string of the molecule is O=P(O)(OCCC(F)(F)C(F)(F)C(F)(F)C(F)(F)C(F)(F)C(F)(F)F)OCC(O)C(F)(F)C(F)(F)C(F)(F)C(F)(F)C(F)(F)C(F)(F)F. The van der Waals surface area contributed by atoms with Gasteiger partial charge < -0.3 is 10.00 Å². The van der Waals surface area contributed by atoms with E-state index in [-0.39, 0.29) is 0 Å². The fraction of sp³-hybridized carbons (Fsp3) is 1.00. The number of halogens is 26. The Balaban J connectivity index is 5.97. The molecule has 0 aliphatic heterocycles. The molecule has 2 atom stereocenters. The minimum atomic E-state index is -8.51. The zero-order valence-corrected chi connectivity index (χ0v) is 22.0. The summed E-state index contributed by atoms with van der Waals surface area (Å²) in [5.74, 6) is -80.8. The Kier molecular flexibility index (Phi) is 12.0. The van der Waals surface area contributed by atoms with Crippen molar-refractivity contribution in [3.8, 4) is 0 Å². The maximum Gasteiger partial charge on any atom is 0.472 e. The lowest BCUT2D eigenvalue weighted by Gasteiger charge is -2.40. The summed E-state index contributed by atoms with van der Waals surface area (Å²) in [6.45, 7) is -6.13. The van der Waals surface area contributed by atoms with Crippen LogP contribution in [0.4, 0.5) is 114 Å². The molecule has 0 aliphatic carbocycles. The maximum absolute atomic E-state index is 13.7. The van der Waals surface area contributed by atoms with E-state index in [2.05, 4.69) is 9.05 Å². The quantitative estimate of drug-likeness (QED) is 0.121. The van der Waals surface area contributed by atoms with Gasteiger partial charge >= 0.3 is 79.4 Å². The van der Waals surface area contributed by atoms with Crippen LogP contribution in [-0.2, 0) is 13.6 Å². The fourth-order valence-electron chi connectivity index (χ4n) is 2.55. The average Bonchev–Trinajstić information content (AvgIpc) is 2.84. The van der Waals surface area contributed by atoms with Crippen LogP contribution in [0.15, 0.2) is 0 Å². The Morgan fingerprint density at radius 2 is 0.750 bits per heavy atom. The number of phosphoric acid groups is 1. The zero-order valence-electron chi connectivity index (χ0n) is 21.1. The third-order valence-corrected chi connectivity index (χ3v) is 6.42. The van der Waals surface area contributed by atoms with Crippen molar-refractivity contribution in [2.24, 2.45) is 0 Å². The number of phosphoric ester groups is 1. The van der Waals surface area contributed by atoms with Crippen LogP contribution in [0.2, 0.25) is 0 Å². The first-order valence-electron chi connectivity index (χ1n) is 10.5. The predicted molar refractivity (Wildman–Crippen MR) is 93.9 cm³/mol. The van der Waals surface area contributed by atoms with Gasteiger partial charge in [-0.1, -0.05) is 0 Å². The van der Waals surface area contributed by atoms with Crippen molar-refractivity contribution >= 4 is 7.82 Å². The van der Waals surface area contributed by atoms with Gasteiger partial charge in [-0.3, -0.25) is 9.05 Å². The average molecular weight is 806 g/mol. The summed E-state index contributed by atoms with van der Waals surface area (Å²) < 4.78 is 356. The van der Waals surface area contributed by atoms with Crippen LogP contribution in [0.5, 0.6) is 0 Å². The van der Waals surface area contributed by atoms with Gasteiger partial charge in [0.05, 0.1) is 13.2 Å². The van der Waals surface area contributed by atoms with Crippen LogP contribution in [0.1, 0.15) is 6.42 Å². The third-order valence-electron chi connectivity index (χ3n) is 5.44. The van der Waals surface area contributed by atoms with Crippen LogP contribution in [0.3, 0.4) is 0 Å². The van der Waals surface area contributed by atoms with Gasteiger partial charge in [0.15, 0.2) is 0 Å². The molecule has 0 fully saturated rings. The molecule has 0 aliphatic rings. The fourth-order valence-corrected chi connectivity index (χ4v) is 3.27. The lowest BCUT2D eigenvalue weighted by molar-refractivity contribution is -0.444. The molecule has 32 heteroatoms. The molecule has 290 valence electrons. The molecule has 0 radical (unpaired) electrons. The molecule has 0 aromatic heterocycles. The summed E-state index contributed by atoms with van der Waals surface area (Å²) in [5, 5.41) is 8.87. The highest BCUT2D eigenvalue weighted by Crippen LogP contribution is 2.62. The number of rotatable bonds is 16. The van der Waals surface area contributed by atoms with E-state index < -0.39 is 105 Å². The molecule has 0 amide bonds. The van der Waals surface area contributed by atoms with Crippen molar-refractivity contribution in [3.05, 3.63) is 0 Å². The summed E-state index contributed by atoms with van der Waals surface area (Å²) >= 11 is 0. The number of aliphatic hydroxyl groups is 1. The van der Waals surface area contributed by atoms with Crippen molar-refractivity contribution in [3.63, 3.8) is 0 Å². The van der Waals surface area contributed by atoms with E-state index in [0.29, 0.717) is 0 Å². The second-order valence-electron chi connectivity index (χ2n) is 8.78. The molecule has 0 saturated heterocycles. The Bertz CT molecular complexity index is 1170. The predicted octanol–water partition coefficient (Wildman–Crippen LogP) is 8.35. The van der Waals surface area contributed by atoms with Gasteiger partial charge in [0, 0.05) is 6.42 Å². The van der Waals surface area contributed by atoms with E-state index in [4.69, 9.17) is 10.00 Å². The summed E-state index contributed by atoms with van der Waals surface area (Å²) in [5.41, 5.74) is 0. The van der Waals surface area contributed by atoms with Gasteiger partial charge in [-0.2, -0.15) is 114 Å². The van der Waals surface area contributed by atoms with E-state index in [9.17, 15) is 119 Å². The summed E-state index contributed by atoms with van der Waals surface area (Å²) in [4.78, 5) is 8.95. The van der Waals surface area contributed by atoms with E-state index in [1.807, 2.05) is 0 Å². The van der Waals surface area contributed by atoms with Crippen LogP contribution < -0.4 is 0 Å². The lowest BCUT2D eigenvalue weighted by Crippen LogP contribution is -2.71. The van der Waals surface area contributed by atoms with Crippen LogP contribution in [0, 0.1) is 0 Å². The first kappa shape index (κ1) is 46.2. The zero-order chi connectivity index (χ0) is 39.6. The highest BCUT2D eigenvalue weighted by molar-refractivity contribution is 7.47. The molecule has 0 saturated carbocycles. The number of hydrogen-bond acceptors (Lipinski definition) is 4. The molecular formula is C16H9F26O5P. The molecule has 2 N–H and O–H groups in total. The third kappa shape index (κ3) is 7.06. The molecule has 5 nitrogen and oxygen atoms in total. The molecule has 48 heavy (non-hydrogen) atoms. The van der Waals surface area contributed by atoms with E-state index in [1.54, 1.807) is 0 Å². The van der Waals surface area contributed by atoms with Gasteiger partial charge in [0.2, 0.25) is 0 Å². The monoisotopic (exact) mass is 806 g/mol. The largest absolute Gasteiger partial charge is 0.472 e. The van der Waals surface area contributed by atoms with Crippen molar-refractivity contribution < 1.29 is 138 Å². The highest BCUT2D eigenvalue weighted by atomic mass is 31.2. The second-order valence-corrected chi connectivity index (χ2v) is 10.2. The summed E-state index contributed by atoms with van der Waals surface area (Å²) in [6.07, 6.45) is -24.1. The Hall–Kier alpha value is -1.75. The topological polar surface area (TPSA) is 76.0 Å². The van der Waals surface area contributed by atoms with Crippen molar-refractivity contribution in [2.45, 2.75) is 84.1 Å². The molecule has 0 bridgehead atoms. The van der Waals surface area contributed by atoms with Gasteiger partial charge in [-0.05, 0) is 0 Å². The highest BCUT2D eigenvalue weighted by Gasteiger charge is 2.92. The lowest BCUT2D eigenvalue weighted by atomic mass is 9.92. The first-order chi connectivity index (χ1) is 20.3. The number of alkyl halides is 26. The molecule has 2 unspecified atom stereocenters. The minimum Gasteiger partial charge on any atom is -0.384 e. The molecule has 0 aromatic carbocycles. The van der Waals surface area contributed by atoms with Crippen LogP contribution in [0.25, 0.3) is 0 Å². The van der Waals surface area contributed by atoms with Crippen LogP contribution >= 0.6 is 7.82 Å². The smallest absolute Gasteiger partial charge is 0.384 e. The van der Waals surface area contributed by atoms with Crippen molar-refractivity contribution in [2.75, 3.05) is 13.2 Å². The van der Waals surface area contributed by atoms with Gasteiger partial charge in [-0.25, -0.2) is 4.57 Å².